The number of thiazole rings is 1. The number of rotatable bonds is 11. The smallest absolute Gasteiger partial charge is 0.230 e. The van der Waals surface area contributed by atoms with Crippen LogP contribution in [0.5, 0.6) is 5.75 Å². The first kappa shape index (κ1) is 25.2. The highest BCUT2D eigenvalue weighted by molar-refractivity contribution is 8.00. The number of anilines is 1. The van der Waals surface area contributed by atoms with Gasteiger partial charge in [-0.15, -0.1) is 11.8 Å². The summed E-state index contributed by atoms with van der Waals surface area (Å²) in [4.78, 5) is 21.1. The van der Waals surface area contributed by atoms with Crippen LogP contribution in [0.25, 0.3) is 0 Å². The highest BCUT2D eigenvalue weighted by Crippen LogP contribution is 2.31. The van der Waals surface area contributed by atoms with Gasteiger partial charge in [0.05, 0.1) is 28.8 Å². The minimum absolute atomic E-state index is 0.0697. The Morgan fingerprint density at radius 3 is 2.70 bits per heavy atom. The molecule has 0 fully saturated rings. The van der Waals surface area contributed by atoms with E-state index in [-0.39, 0.29) is 24.3 Å². The summed E-state index contributed by atoms with van der Waals surface area (Å²) in [5.41, 5.74) is 0.765. The second kappa shape index (κ2) is 11.6. The van der Waals surface area contributed by atoms with E-state index in [2.05, 4.69) is 36.1 Å². The molecule has 0 aliphatic carbocycles. The van der Waals surface area contributed by atoms with Gasteiger partial charge in [0.2, 0.25) is 11.8 Å². The molecule has 3 rings (SSSR count). The van der Waals surface area contributed by atoms with Crippen molar-refractivity contribution in [2.75, 3.05) is 26.1 Å². The molecule has 0 aliphatic heterocycles. The predicted molar refractivity (Wildman–Crippen MR) is 129 cm³/mol. The Kier molecular flexibility index (Phi) is 8.90. The molecule has 0 unspecified atom stereocenters. The highest BCUT2D eigenvalue weighted by Gasteiger charge is 2.19. The van der Waals surface area contributed by atoms with Gasteiger partial charge in [0.15, 0.2) is 11.4 Å². The average Bonchev–Trinajstić information content (AvgIpc) is 3.42. The van der Waals surface area contributed by atoms with Crippen molar-refractivity contribution in [2.45, 2.75) is 48.9 Å². The Hall–Kier alpha value is -2.40. The second-order valence-corrected chi connectivity index (χ2v) is 10.5. The Morgan fingerprint density at radius 1 is 1.21 bits per heavy atom. The van der Waals surface area contributed by atoms with E-state index < -0.39 is 6.29 Å². The van der Waals surface area contributed by atoms with Gasteiger partial charge >= 0.3 is 0 Å². The molecule has 0 spiro atoms. The molecule has 3 aromatic rings. The van der Waals surface area contributed by atoms with Crippen molar-refractivity contribution < 1.29 is 23.4 Å². The number of amides is 1. The first-order chi connectivity index (χ1) is 15.8. The van der Waals surface area contributed by atoms with Crippen LogP contribution in [0.3, 0.4) is 0 Å². The Labute approximate surface area is 202 Å². The first-order valence-corrected chi connectivity index (χ1v) is 12.2. The third kappa shape index (κ3) is 7.85. The number of benzene rings is 1. The molecule has 0 bridgehead atoms. The van der Waals surface area contributed by atoms with Crippen molar-refractivity contribution in [1.82, 2.24) is 9.97 Å². The van der Waals surface area contributed by atoms with Crippen LogP contribution in [0.2, 0.25) is 0 Å². The standard InChI is InChI=1S/C23H29N3O5S2/c1-23(2,3)17-11-24-19(31-17)14-32-21-12-25-22(33-21)26-18(27)10-15-7-6-8-16(9-15)30-13-20(28-4)29-5/h6-9,11-12,20H,10,13-14H2,1-5H3,(H,25,26,27). The lowest BCUT2D eigenvalue weighted by Crippen LogP contribution is -2.22. The van der Waals surface area contributed by atoms with Gasteiger partial charge in [-0.3, -0.25) is 4.79 Å². The first-order valence-electron chi connectivity index (χ1n) is 10.4. The van der Waals surface area contributed by atoms with Crippen LogP contribution in [0, 0.1) is 0 Å². The highest BCUT2D eigenvalue weighted by atomic mass is 32.2. The van der Waals surface area contributed by atoms with Crippen LogP contribution in [-0.2, 0) is 31.9 Å². The Balaban J connectivity index is 1.48. The van der Waals surface area contributed by atoms with Gasteiger partial charge in [0, 0.05) is 19.6 Å². The van der Waals surface area contributed by atoms with Crippen LogP contribution < -0.4 is 10.1 Å². The minimum atomic E-state index is -0.446. The molecule has 178 valence electrons. The number of ether oxygens (including phenoxy) is 3. The molecule has 0 aliphatic rings. The third-order valence-electron chi connectivity index (χ3n) is 4.54. The lowest BCUT2D eigenvalue weighted by Gasteiger charge is -2.14. The van der Waals surface area contributed by atoms with Gasteiger partial charge in [-0.2, -0.15) is 0 Å². The summed E-state index contributed by atoms with van der Waals surface area (Å²) < 4.78 is 22.7. The molecule has 10 heteroatoms. The van der Waals surface area contributed by atoms with Gasteiger partial charge in [-0.1, -0.05) is 44.2 Å². The predicted octanol–water partition coefficient (Wildman–Crippen LogP) is 4.90. The van der Waals surface area contributed by atoms with E-state index in [1.807, 2.05) is 24.3 Å². The third-order valence-corrected chi connectivity index (χ3v) is 6.63. The molecular formula is C23H29N3O5S2. The van der Waals surface area contributed by atoms with Crippen molar-refractivity contribution >= 4 is 34.1 Å². The van der Waals surface area contributed by atoms with E-state index in [1.54, 1.807) is 38.4 Å². The lowest BCUT2D eigenvalue weighted by atomic mass is 9.94. The molecule has 0 saturated carbocycles. The molecule has 0 saturated heterocycles. The maximum absolute atomic E-state index is 12.5. The van der Waals surface area contributed by atoms with Crippen molar-refractivity contribution in [2.24, 2.45) is 0 Å². The molecule has 2 heterocycles. The van der Waals surface area contributed by atoms with Gasteiger partial charge in [0.25, 0.3) is 0 Å². The van der Waals surface area contributed by atoms with Crippen LogP contribution in [0.15, 0.2) is 45.3 Å². The normalized spacial score (nSPS) is 11.7. The largest absolute Gasteiger partial charge is 0.488 e. The number of aromatic nitrogens is 2. The average molecular weight is 492 g/mol. The van der Waals surface area contributed by atoms with Crippen LogP contribution in [0.4, 0.5) is 5.13 Å². The lowest BCUT2D eigenvalue weighted by molar-refractivity contribution is -0.122. The Morgan fingerprint density at radius 2 is 2.00 bits per heavy atom. The van der Waals surface area contributed by atoms with Gasteiger partial charge < -0.3 is 23.9 Å². The number of methoxy groups -OCH3 is 2. The topological polar surface area (TPSA) is 95.7 Å². The zero-order valence-corrected chi connectivity index (χ0v) is 21.0. The van der Waals surface area contributed by atoms with Crippen LogP contribution in [0.1, 0.15) is 38.0 Å². The maximum Gasteiger partial charge on any atom is 0.230 e. The molecule has 33 heavy (non-hydrogen) atoms. The monoisotopic (exact) mass is 491 g/mol. The van der Waals surface area contributed by atoms with Gasteiger partial charge in [-0.05, 0) is 17.7 Å². The van der Waals surface area contributed by atoms with Gasteiger partial charge in [-0.25, -0.2) is 9.97 Å². The summed E-state index contributed by atoms with van der Waals surface area (Å²) in [6, 6.07) is 7.38. The number of carbonyl (C=O) groups is 1. The number of nitrogens with zero attached hydrogens (tertiary/aromatic N) is 2. The van der Waals surface area contributed by atoms with E-state index in [0.717, 1.165) is 15.5 Å². The molecule has 1 N–H and O–H groups in total. The summed E-state index contributed by atoms with van der Waals surface area (Å²) in [7, 11) is 3.11. The number of oxazole rings is 1. The molecule has 0 radical (unpaired) electrons. The van der Waals surface area contributed by atoms with E-state index in [0.29, 0.717) is 22.5 Å². The Bertz CT molecular complexity index is 1040. The summed E-state index contributed by atoms with van der Waals surface area (Å²) in [5.74, 6) is 2.64. The quantitative estimate of drug-likeness (QED) is 0.299. The van der Waals surface area contributed by atoms with Crippen molar-refractivity contribution in [3.05, 3.63) is 53.9 Å². The number of thioether (sulfide) groups is 1. The van der Waals surface area contributed by atoms with Crippen molar-refractivity contribution in [1.29, 1.82) is 0 Å². The van der Waals surface area contributed by atoms with E-state index in [4.69, 9.17) is 18.6 Å². The summed E-state index contributed by atoms with van der Waals surface area (Å²) in [6.07, 6.45) is 3.29. The fourth-order valence-electron chi connectivity index (χ4n) is 2.73. The summed E-state index contributed by atoms with van der Waals surface area (Å²) in [6.45, 7) is 6.52. The number of hydrogen-bond donors (Lipinski definition) is 1. The molecule has 1 amide bonds. The number of hydrogen-bond acceptors (Lipinski definition) is 9. The molecule has 2 aromatic heterocycles. The molecule has 0 atom stereocenters. The number of carbonyl (C=O) groups excluding carboxylic acids is 1. The fraction of sp³-hybridized carbons (Fsp3) is 0.435. The minimum Gasteiger partial charge on any atom is -0.488 e. The summed E-state index contributed by atoms with van der Waals surface area (Å²) in [5, 5.41) is 3.41. The number of nitrogens with one attached hydrogen (secondary N) is 1. The molecular weight excluding hydrogens is 462 g/mol. The van der Waals surface area contributed by atoms with Crippen molar-refractivity contribution in [3.8, 4) is 5.75 Å². The summed E-state index contributed by atoms with van der Waals surface area (Å²) >= 11 is 2.99. The van der Waals surface area contributed by atoms with Gasteiger partial charge in [0.1, 0.15) is 18.1 Å². The zero-order valence-electron chi connectivity index (χ0n) is 19.4. The second-order valence-electron chi connectivity index (χ2n) is 8.23. The van der Waals surface area contributed by atoms with Crippen LogP contribution in [-0.4, -0.2) is 43.0 Å². The van der Waals surface area contributed by atoms with E-state index in [1.165, 1.54) is 11.3 Å². The zero-order chi connectivity index (χ0) is 23.8. The molecule has 1 aromatic carbocycles. The SMILES string of the molecule is COC(COc1cccc(CC(=O)Nc2ncc(SCc3ncc(C(C)(C)C)o3)s2)c1)OC. The molecule has 8 nitrogen and oxygen atoms in total. The van der Waals surface area contributed by atoms with Crippen molar-refractivity contribution in [3.63, 3.8) is 0 Å². The van der Waals surface area contributed by atoms with E-state index >= 15 is 0 Å². The van der Waals surface area contributed by atoms with Crippen LogP contribution >= 0.6 is 23.1 Å². The van der Waals surface area contributed by atoms with E-state index in [9.17, 15) is 4.79 Å². The fourth-order valence-corrected chi connectivity index (χ4v) is 4.47. The maximum atomic E-state index is 12.5.